The van der Waals surface area contributed by atoms with Crippen LogP contribution in [0.15, 0.2) is 0 Å². The third-order valence-electron chi connectivity index (χ3n) is 3.36. The van der Waals surface area contributed by atoms with Crippen LogP contribution < -0.4 is 5.32 Å². The Kier molecular flexibility index (Phi) is 2.36. The molecule has 0 aromatic heterocycles. The van der Waals surface area contributed by atoms with Crippen molar-refractivity contribution in [1.29, 1.82) is 0 Å². The highest BCUT2D eigenvalue weighted by Crippen LogP contribution is 2.35. The Labute approximate surface area is 85.7 Å². The number of nitrogens with one attached hydrogen (secondary N) is 1. The zero-order valence-electron chi connectivity index (χ0n) is 8.78. The first-order valence-corrected chi connectivity index (χ1v) is 6.66. The molecule has 0 aromatic carbocycles. The highest BCUT2D eigenvalue weighted by Gasteiger charge is 2.46. The summed E-state index contributed by atoms with van der Waals surface area (Å²) in [7, 11) is -3.02. The number of nitrogens with zero attached hydrogens (tertiary/aromatic N) is 1. The molecule has 0 unspecified atom stereocenters. The SMILES string of the molecule is CC(C)S(=O)(=O)N1CCC2(CNC2)C1. The van der Waals surface area contributed by atoms with Crippen molar-refractivity contribution in [3.8, 4) is 0 Å². The maximum atomic E-state index is 11.9. The summed E-state index contributed by atoms with van der Waals surface area (Å²) in [5.41, 5.74) is 0.266. The van der Waals surface area contributed by atoms with E-state index in [2.05, 4.69) is 5.32 Å². The number of sulfonamides is 1. The summed E-state index contributed by atoms with van der Waals surface area (Å²) in [6.45, 7) is 6.90. The molecule has 0 radical (unpaired) electrons. The summed E-state index contributed by atoms with van der Waals surface area (Å²) in [6.07, 6.45) is 1.02. The lowest BCUT2D eigenvalue weighted by molar-refractivity contribution is 0.186. The van der Waals surface area contributed by atoms with Crippen LogP contribution in [0.1, 0.15) is 20.3 Å². The summed E-state index contributed by atoms with van der Waals surface area (Å²) in [4.78, 5) is 0. The lowest BCUT2D eigenvalue weighted by Crippen LogP contribution is -2.55. The van der Waals surface area contributed by atoms with Crippen molar-refractivity contribution in [2.75, 3.05) is 26.2 Å². The second-order valence-electron chi connectivity index (χ2n) is 4.78. The van der Waals surface area contributed by atoms with Gasteiger partial charge >= 0.3 is 0 Å². The van der Waals surface area contributed by atoms with Gasteiger partial charge in [-0.05, 0) is 20.3 Å². The first-order valence-electron chi connectivity index (χ1n) is 5.16. The summed E-state index contributed by atoms with van der Waals surface area (Å²) < 4.78 is 25.4. The molecule has 2 aliphatic heterocycles. The van der Waals surface area contributed by atoms with Crippen LogP contribution in [-0.4, -0.2) is 44.2 Å². The molecule has 0 bridgehead atoms. The molecular formula is C9H18N2O2S. The Balaban J connectivity index is 2.09. The Morgan fingerprint density at radius 2 is 2.00 bits per heavy atom. The van der Waals surface area contributed by atoms with Gasteiger partial charge in [-0.1, -0.05) is 0 Å². The maximum Gasteiger partial charge on any atom is 0.216 e. The fourth-order valence-corrected chi connectivity index (χ4v) is 3.57. The van der Waals surface area contributed by atoms with E-state index in [1.165, 1.54) is 0 Å². The van der Waals surface area contributed by atoms with Gasteiger partial charge in [0.15, 0.2) is 0 Å². The third-order valence-corrected chi connectivity index (χ3v) is 5.58. The van der Waals surface area contributed by atoms with Crippen molar-refractivity contribution in [1.82, 2.24) is 9.62 Å². The number of hydrogen-bond donors (Lipinski definition) is 1. The second-order valence-corrected chi connectivity index (χ2v) is 7.27. The van der Waals surface area contributed by atoms with Crippen molar-refractivity contribution >= 4 is 10.0 Å². The first kappa shape index (κ1) is 10.4. The molecule has 2 rings (SSSR count). The van der Waals surface area contributed by atoms with Crippen LogP contribution in [0.4, 0.5) is 0 Å². The van der Waals surface area contributed by atoms with Crippen LogP contribution in [-0.2, 0) is 10.0 Å². The van der Waals surface area contributed by atoms with Gasteiger partial charge in [0.1, 0.15) is 0 Å². The summed E-state index contributed by atoms with van der Waals surface area (Å²) in [5.74, 6) is 0. The summed E-state index contributed by atoms with van der Waals surface area (Å²) >= 11 is 0. The van der Waals surface area contributed by atoms with Gasteiger partial charge < -0.3 is 5.32 Å². The minimum Gasteiger partial charge on any atom is -0.315 e. The van der Waals surface area contributed by atoms with E-state index < -0.39 is 10.0 Å². The van der Waals surface area contributed by atoms with Gasteiger partial charge in [0.2, 0.25) is 10.0 Å². The molecule has 14 heavy (non-hydrogen) atoms. The van der Waals surface area contributed by atoms with Gasteiger partial charge in [0.25, 0.3) is 0 Å². The number of hydrogen-bond acceptors (Lipinski definition) is 3. The lowest BCUT2D eigenvalue weighted by atomic mass is 9.81. The third kappa shape index (κ3) is 1.47. The molecule has 82 valence electrons. The van der Waals surface area contributed by atoms with Gasteiger partial charge in [0.05, 0.1) is 5.25 Å². The smallest absolute Gasteiger partial charge is 0.216 e. The van der Waals surface area contributed by atoms with Gasteiger partial charge in [0, 0.05) is 31.6 Å². The van der Waals surface area contributed by atoms with Crippen LogP contribution in [0, 0.1) is 5.41 Å². The molecule has 5 heteroatoms. The molecule has 0 atom stereocenters. The average molecular weight is 218 g/mol. The first-order chi connectivity index (χ1) is 6.46. The molecule has 0 aromatic rings. The molecule has 2 aliphatic rings. The van der Waals surface area contributed by atoms with Crippen LogP contribution in [0.3, 0.4) is 0 Å². The van der Waals surface area contributed by atoms with Gasteiger partial charge in [-0.3, -0.25) is 0 Å². The molecule has 1 spiro atoms. The highest BCUT2D eigenvalue weighted by molar-refractivity contribution is 7.89. The van der Waals surface area contributed by atoms with Crippen molar-refractivity contribution in [3.05, 3.63) is 0 Å². The minimum absolute atomic E-state index is 0.266. The van der Waals surface area contributed by atoms with E-state index in [0.717, 1.165) is 26.1 Å². The lowest BCUT2D eigenvalue weighted by Gasteiger charge is -2.39. The number of rotatable bonds is 2. The monoisotopic (exact) mass is 218 g/mol. The predicted molar refractivity (Wildman–Crippen MR) is 55.5 cm³/mol. The largest absolute Gasteiger partial charge is 0.315 e. The quantitative estimate of drug-likeness (QED) is 0.711. The molecule has 1 N–H and O–H groups in total. The molecule has 2 fully saturated rings. The Hall–Kier alpha value is -0.130. The van der Waals surface area contributed by atoms with E-state index in [0.29, 0.717) is 6.54 Å². The van der Waals surface area contributed by atoms with Gasteiger partial charge in [-0.25, -0.2) is 12.7 Å². The van der Waals surface area contributed by atoms with E-state index >= 15 is 0 Å². The van der Waals surface area contributed by atoms with Crippen molar-refractivity contribution in [2.24, 2.45) is 5.41 Å². The normalized spacial score (nSPS) is 27.1. The van der Waals surface area contributed by atoms with E-state index in [4.69, 9.17) is 0 Å². The standard InChI is InChI=1S/C9H18N2O2S/c1-8(2)14(12,13)11-4-3-9(7-11)5-10-6-9/h8,10H,3-7H2,1-2H3. The molecule has 0 saturated carbocycles. The topological polar surface area (TPSA) is 49.4 Å². The Bertz CT molecular complexity index is 320. The van der Waals surface area contributed by atoms with E-state index in [1.54, 1.807) is 18.2 Å². The average Bonchev–Trinajstić information content (AvgIpc) is 2.47. The second kappa shape index (κ2) is 3.18. The predicted octanol–water partition coefficient (Wildman–Crippen LogP) is 0.0199. The van der Waals surface area contributed by atoms with Crippen molar-refractivity contribution in [3.63, 3.8) is 0 Å². The minimum atomic E-state index is -3.02. The molecule has 0 aliphatic carbocycles. The summed E-state index contributed by atoms with van der Waals surface area (Å²) in [6, 6.07) is 0. The van der Waals surface area contributed by atoms with Crippen LogP contribution in [0.2, 0.25) is 0 Å². The van der Waals surface area contributed by atoms with E-state index in [1.807, 2.05) is 0 Å². The van der Waals surface area contributed by atoms with E-state index in [-0.39, 0.29) is 10.7 Å². The van der Waals surface area contributed by atoms with Gasteiger partial charge in [-0.15, -0.1) is 0 Å². The molecule has 2 saturated heterocycles. The molecule has 2 heterocycles. The zero-order valence-corrected chi connectivity index (χ0v) is 9.60. The van der Waals surface area contributed by atoms with Crippen LogP contribution in [0.5, 0.6) is 0 Å². The van der Waals surface area contributed by atoms with Crippen LogP contribution in [0.25, 0.3) is 0 Å². The fourth-order valence-electron chi connectivity index (χ4n) is 2.18. The maximum absolute atomic E-state index is 11.9. The fraction of sp³-hybridized carbons (Fsp3) is 1.00. The molecular weight excluding hydrogens is 200 g/mol. The summed E-state index contributed by atoms with van der Waals surface area (Å²) in [5, 5.41) is 2.94. The van der Waals surface area contributed by atoms with Crippen LogP contribution >= 0.6 is 0 Å². The molecule has 0 amide bonds. The molecule has 4 nitrogen and oxygen atoms in total. The van der Waals surface area contributed by atoms with E-state index in [9.17, 15) is 8.42 Å². The van der Waals surface area contributed by atoms with Crippen molar-refractivity contribution < 1.29 is 8.42 Å². The van der Waals surface area contributed by atoms with Gasteiger partial charge in [-0.2, -0.15) is 0 Å². The Morgan fingerprint density at radius 1 is 1.36 bits per heavy atom. The zero-order chi connectivity index (χ0) is 10.4. The Morgan fingerprint density at radius 3 is 2.36 bits per heavy atom. The van der Waals surface area contributed by atoms with Crippen molar-refractivity contribution in [2.45, 2.75) is 25.5 Å². The highest BCUT2D eigenvalue weighted by atomic mass is 32.2.